The van der Waals surface area contributed by atoms with Gasteiger partial charge in [0.2, 0.25) is 5.91 Å². The van der Waals surface area contributed by atoms with Gasteiger partial charge in [-0.25, -0.2) is 0 Å². The van der Waals surface area contributed by atoms with E-state index >= 15 is 0 Å². The maximum Gasteiger partial charge on any atom is 0.226 e. The van der Waals surface area contributed by atoms with Gasteiger partial charge in [-0.3, -0.25) is 9.78 Å². The molecular formula is C15H23N3O. The first kappa shape index (κ1) is 13.8. The lowest BCUT2D eigenvalue weighted by atomic mass is 9.84. The van der Waals surface area contributed by atoms with Crippen molar-refractivity contribution < 1.29 is 4.79 Å². The monoisotopic (exact) mass is 261 g/mol. The molecule has 1 fully saturated rings. The van der Waals surface area contributed by atoms with Gasteiger partial charge in [-0.15, -0.1) is 0 Å². The summed E-state index contributed by atoms with van der Waals surface area (Å²) >= 11 is 0. The molecule has 1 aromatic rings. The highest BCUT2D eigenvalue weighted by molar-refractivity contribution is 5.78. The van der Waals surface area contributed by atoms with E-state index in [0.717, 1.165) is 5.69 Å². The Morgan fingerprint density at radius 3 is 2.79 bits per heavy atom. The number of rotatable bonds is 4. The van der Waals surface area contributed by atoms with Gasteiger partial charge < -0.3 is 11.1 Å². The SMILES string of the molecule is C[C@H](NC(=O)Cc1ccc(N)cn1)C1CCCCC1. The molecule has 0 spiro atoms. The van der Waals surface area contributed by atoms with Crippen molar-refractivity contribution >= 4 is 11.6 Å². The maximum atomic E-state index is 12.0. The molecule has 1 aliphatic carbocycles. The maximum absolute atomic E-state index is 12.0. The third kappa shape index (κ3) is 4.23. The van der Waals surface area contributed by atoms with Gasteiger partial charge >= 0.3 is 0 Å². The number of hydrogen-bond acceptors (Lipinski definition) is 3. The van der Waals surface area contributed by atoms with Crippen LogP contribution in [0, 0.1) is 5.92 Å². The highest BCUT2D eigenvalue weighted by atomic mass is 16.1. The summed E-state index contributed by atoms with van der Waals surface area (Å²) in [5.74, 6) is 0.687. The lowest BCUT2D eigenvalue weighted by Crippen LogP contribution is -2.39. The Kier molecular flexibility index (Phi) is 4.77. The highest BCUT2D eigenvalue weighted by Crippen LogP contribution is 2.26. The van der Waals surface area contributed by atoms with Crippen LogP contribution in [0.3, 0.4) is 0 Å². The fraction of sp³-hybridized carbons (Fsp3) is 0.600. The van der Waals surface area contributed by atoms with Crippen LogP contribution in [0.4, 0.5) is 5.69 Å². The molecule has 1 aliphatic rings. The predicted octanol–water partition coefficient (Wildman–Crippen LogP) is 2.29. The average molecular weight is 261 g/mol. The summed E-state index contributed by atoms with van der Waals surface area (Å²) < 4.78 is 0. The number of nitrogens with zero attached hydrogens (tertiary/aromatic N) is 1. The van der Waals surface area contributed by atoms with Crippen LogP contribution in [0.1, 0.15) is 44.7 Å². The van der Waals surface area contributed by atoms with E-state index in [1.807, 2.05) is 0 Å². The summed E-state index contributed by atoms with van der Waals surface area (Å²) in [5, 5.41) is 3.10. The molecule has 1 heterocycles. The number of nitrogens with one attached hydrogen (secondary N) is 1. The van der Waals surface area contributed by atoms with Gasteiger partial charge in [0.25, 0.3) is 0 Å². The van der Waals surface area contributed by atoms with E-state index in [1.165, 1.54) is 32.1 Å². The van der Waals surface area contributed by atoms with Crippen LogP contribution in [0.2, 0.25) is 0 Å². The minimum Gasteiger partial charge on any atom is -0.397 e. The topological polar surface area (TPSA) is 68.0 Å². The minimum atomic E-state index is 0.0512. The molecule has 1 aromatic heterocycles. The van der Waals surface area contributed by atoms with Crippen molar-refractivity contribution in [2.45, 2.75) is 51.5 Å². The first-order valence-corrected chi connectivity index (χ1v) is 7.15. The van der Waals surface area contributed by atoms with Gasteiger partial charge in [0.1, 0.15) is 0 Å². The number of nitrogen functional groups attached to an aromatic ring is 1. The lowest BCUT2D eigenvalue weighted by Gasteiger charge is -2.28. The normalized spacial score (nSPS) is 17.9. The third-order valence-electron chi connectivity index (χ3n) is 3.93. The van der Waals surface area contributed by atoms with Crippen LogP contribution < -0.4 is 11.1 Å². The first-order valence-electron chi connectivity index (χ1n) is 7.15. The minimum absolute atomic E-state index is 0.0512. The second-order valence-corrected chi connectivity index (χ2v) is 5.51. The van der Waals surface area contributed by atoms with E-state index in [9.17, 15) is 4.79 Å². The van der Waals surface area contributed by atoms with Crippen molar-refractivity contribution in [3.8, 4) is 0 Å². The summed E-state index contributed by atoms with van der Waals surface area (Å²) in [6.45, 7) is 2.12. The van der Waals surface area contributed by atoms with Crippen molar-refractivity contribution in [3.05, 3.63) is 24.0 Å². The second-order valence-electron chi connectivity index (χ2n) is 5.51. The molecule has 0 radical (unpaired) electrons. The van der Waals surface area contributed by atoms with Crippen molar-refractivity contribution in [2.24, 2.45) is 5.92 Å². The number of anilines is 1. The fourth-order valence-corrected chi connectivity index (χ4v) is 2.76. The average Bonchev–Trinajstić information content (AvgIpc) is 2.42. The molecule has 1 saturated carbocycles. The van der Waals surface area contributed by atoms with Crippen LogP contribution in [-0.2, 0) is 11.2 Å². The van der Waals surface area contributed by atoms with Gasteiger partial charge in [0, 0.05) is 11.7 Å². The zero-order chi connectivity index (χ0) is 13.7. The van der Waals surface area contributed by atoms with Crippen LogP contribution in [0.25, 0.3) is 0 Å². The van der Waals surface area contributed by atoms with E-state index in [-0.39, 0.29) is 11.9 Å². The van der Waals surface area contributed by atoms with E-state index in [0.29, 0.717) is 18.0 Å². The van der Waals surface area contributed by atoms with E-state index in [2.05, 4.69) is 17.2 Å². The number of aromatic nitrogens is 1. The Hall–Kier alpha value is -1.58. The number of pyridine rings is 1. The zero-order valence-electron chi connectivity index (χ0n) is 11.6. The molecule has 2 rings (SSSR count). The molecule has 4 heteroatoms. The zero-order valence-corrected chi connectivity index (χ0v) is 11.6. The molecule has 104 valence electrons. The quantitative estimate of drug-likeness (QED) is 0.873. The Bertz CT molecular complexity index is 410. The standard InChI is InChI=1S/C15H23N3O/c1-11(12-5-3-2-4-6-12)18-15(19)9-14-8-7-13(16)10-17-14/h7-8,10-12H,2-6,9,16H2,1H3,(H,18,19)/t11-/m0/s1. The molecule has 0 aliphatic heterocycles. The third-order valence-corrected chi connectivity index (χ3v) is 3.93. The largest absolute Gasteiger partial charge is 0.397 e. The van der Waals surface area contributed by atoms with Crippen LogP contribution >= 0.6 is 0 Å². The molecule has 4 nitrogen and oxygen atoms in total. The summed E-state index contributed by atoms with van der Waals surface area (Å²) in [6.07, 6.45) is 8.33. The fourth-order valence-electron chi connectivity index (χ4n) is 2.76. The smallest absolute Gasteiger partial charge is 0.226 e. The van der Waals surface area contributed by atoms with Crippen molar-refractivity contribution in [2.75, 3.05) is 5.73 Å². The van der Waals surface area contributed by atoms with Crippen molar-refractivity contribution in [1.82, 2.24) is 10.3 Å². The Morgan fingerprint density at radius 1 is 1.42 bits per heavy atom. The summed E-state index contributed by atoms with van der Waals surface area (Å²) in [5.41, 5.74) is 6.96. The van der Waals surface area contributed by atoms with Gasteiger partial charge in [0.05, 0.1) is 18.3 Å². The molecule has 19 heavy (non-hydrogen) atoms. The lowest BCUT2D eigenvalue weighted by molar-refractivity contribution is -0.121. The van der Waals surface area contributed by atoms with Crippen LogP contribution in [0.15, 0.2) is 18.3 Å². The Morgan fingerprint density at radius 2 is 2.16 bits per heavy atom. The number of amides is 1. The summed E-state index contributed by atoms with van der Waals surface area (Å²) in [7, 11) is 0. The molecule has 1 atom stereocenters. The highest BCUT2D eigenvalue weighted by Gasteiger charge is 2.21. The molecule has 3 N–H and O–H groups in total. The van der Waals surface area contributed by atoms with E-state index < -0.39 is 0 Å². The van der Waals surface area contributed by atoms with Gasteiger partial charge in [-0.1, -0.05) is 19.3 Å². The van der Waals surface area contributed by atoms with E-state index in [4.69, 9.17) is 5.73 Å². The van der Waals surface area contributed by atoms with Crippen molar-refractivity contribution in [3.63, 3.8) is 0 Å². The Balaban J connectivity index is 1.81. The van der Waals surface area contributed by atoms with Gasteiger partial charge in [0.15, 0.2) is 0 Å². The molecule has 1 amide bonds. The number of carbonyl (C=O) groups is 1. The number of carbonyl (C=O) groups excluding carboxylic acids is 1. The molecule has 0 aromatic carbocycles. The summed E-state index contributed by atoms with van der Waals surface area (Å²) in [4.78, 5) is 16.1. The van der Waals surface area contributed by atoms with Crippen molar-refractivity contribution in [1.29, 1.82) is 0 Å². The van der Waals surface area contributed by atoms with E-state index in [1.54, 1.807) is 18.3 Å². The molecule has 0 saturated heterocycles. The summed E-state index contributed by atoms with van der Waals surface area (Å²) in [6, 6.07) is 3.85. The van der Waals surface area contributed by atoms with Crippen LogP contribution in [0.5, 0.6) is 0 Å². The molecule has 0 unspecified atom stereocenters. The number of nitrogens with two attached hydrogens (primary N) is 1. The van der Waals surface area contributed by atoms with Gasteiger partial charge in [-0.2, -0.15) is 0 Å². The van der Waals surface area contributed by atoms with Crippen LogP contribution in [-0.4, -0.2) is 16.9 Å². The second kappa shape index (κ2) is 6.55. The predicted molar refractivity (Wildman–Crippen MR) is 76.5 cm³/mol. The Labute approximate surface area is 114 Å². The van der Waals surface area contributed by atoms with Gasteiger partial charge in [-0.05, 0) is 37.8 Å². The number of hydrogen-bond donors (Lipinski definition) is 2. The molecule has 0 bridgehead atoms. The molecular weight excluding hydrogens is 238 g/mol. The first-order chi connectivity index (χ1) is 9.15.